The summed E-state index contributed by atoms with van der Waals surface area (Å²) in [6.45, 7) is 3.67. The predicted molar refractivity (Wildman–Crippen MR) is 54.8 cm³/mol. The Labute approximate surface area is 74.5 Å². The van der Waals surface area contributed by atoms with Crippen LogP contribution in [0.4, 0.5) is 0 Å². The van der Waals surface area contributed by atoms with E-state index >= 15 is 0 Å². The van der Waals surface area contributed by atoms with Crippen LogP contribution in [0.1, 0.15) is 25.7 Å². The second-order valence-electron chi connectivity index (χ2n) is 2.35. The Bertz CT molecular complexity index is 121. The maximum Gasteiger partial charge on any atom is 0.00939 e. The first-order valence-corrected chi connectivity index (χ1v) is 5.19. The second kappa shape index (κ2) is 9.65. The van der Waals surface area contributed by atoms with E-state index in [2.05, 4.69) is 12.5 Å². The number of thioether (sulfide) groups is 1. The number of unbranched alkanes of at least 4 members (excludes halogenated alkanes) is 2. The molecule has 0 aliphatic carbocycles. The zero-order chi connectivity index (χ0) is 8.36. The first-order chi connectivity index (χ1) is 5.41. The zero-order valence-corrected chi connectivity index (χ0v) is 7.83. The molecule has 0 aliphatic heterocycles. The Kier molecular flexibility index (Phi) is 9.34. The first kappa shape index (κ1) is 10.7. The lowest BCUT2D eigenvalue weighted by Gasteiger charge is -1.96. The molecule has 0 nitrogen and oxygen atoms in total. The second-order valence-corrected chi connectivity index (χ2v) is 3.58. The van der Waals surface area contributed by atoms with Gasteiger partial charge >= 0.3 is 0 Å². The SMILES string of the molecule is C#CCCCSCCCC=C. The van der Waals surface area contributed by atoms with Crippen molar-refractivity contribution in [1.82, 2.24) is 0 Å². The van der Waals surface area contributed by atoms with Gasteiger partial charge in [0.15, 0.2) is 0 Å². The maximum atomic E-state index is 5.12. The minimum Gasteiger partial charge on any atom is -0.162 e. The van der Waals surface area contributed by atoms with Crippen LogP contribution in [-0.2, 0) is 0 Å². The van der Waals surface area contributed by atoms with Crippen LogP contribution in [-0.4, -0.2) is 11.5 Å². The lowest BCUT2D eigenvalue weighted by molar-refractivity contribution is 0.960. The van der Waals surface area contributed by atoms with Crippen LogP contribution >= 0.6 is 11.8 Å². The van der Waals surface area contributed by atoms with Gasteiger partial charge in [0.05, 0.1) is 0 Å². The van der Waals surface area contributed by atoms with E-state index in [0.29, 0.717) is 0 Å². The van der Waals surface area contributed by atoms with Gasteiger partial charge in [0.1, 0.15) is 0 Å². The van der Waals surface area contributed by atoms with Crippen molar-refractivity contribution in [3.8, 4) is 12.3 Å². The van der Waals surface area contributed by atoms with Gasteiger partial charge in [-0.1, -0.05) is 6.08 Å². The van der Waals surface area contributed by atoms with Crippen LogP contribution in [0.2, 0.25) is 0 Å². The highest BCUT2D eigenvalue weighted by atomic mass is 32.2. The van der Waals surface area contributed by atoms with E-state index in [1.807, 2.05) is 17.8 Å². The molecule has 0 aromatic heterocycles. The molecule has 0 radical (unpaired) electrons. The summed E-state index contributed by atoms with van der Waals surface area (Å²) in [5.74, 6) is 5.10. The van der Waals surface area contributed by atoms with Crippen LogP contribution in [0.15, 0.2) is 12.7 Å². The van der Waals surface area contributed by atoms with Crippen molar-refractivity contribution in [3.05, 3.63) is 12.7 Å². The van der Waals surface area contributed by atoms with Gasteiger partial charge in [-0.3, -0.25) is 0 Å². The Morgan fingerprint density at radius 1 is 1.36 bits per heavy atom. The highest BCUT2D eigenvalue weighted by Gasteiger charge is 1.87. The maximum absolute atomic E-state index is 5.12. The summed E-state index contributed by atoms with van der Waals surface area (Å²) >= 11 is 1.99. The standard InChI is InChI=1S/C10H16S/c1-3-5-7-9-11-10-8-6-4-2/h1,4H,2,5-10H2. The summed E-state index contributed by atoms with van der Waals surface area (Å²) in [4.78, 5) is 0. The number of allylic oxidation sites excluding steroid dienone is 1. The van der Waals surface area contributed by atoms with Crippen molar-refractivity contribution >= 4 is 11.8 Å². The van der Waals surface area contributed by atoms with Gasteiger partial charge in [-0.25, -0.2) is 0 Å². The molecule has 0 rings (SSSR count). The third-order valence-corrected chi connectivity index (χ3v) is 2.46. The van der Waals surface area contributed by atoms with Gasteiger partial charge in [-0.15, -0.1) is 18.9 Å². The molecule has 0 unspecified atom stereocenters. The molecule has 1 heteroatoms. The summed E-state index contributed by atoms with van der Waals surface area (Å²) in [6, 6.07) is 0. The van der Waals surface area contributed by atoms with Gasteiger partial charge in [-0.2, -0.15) is 11.8 Å². The minimum absolute atomic E-state index is 0.925. The molecule has 11 heavy (non-hydrogen) atoms. The lowest BCUT2D eigenvalue weighted by Crippen LogP contribution is -1.82. The molecule has 0 spiro atoms. The fraction of sp³-hybridized carbons (Fsp3) is 0.600. The monoisotopic (exact) mass is 168 g/mol. The van der Waals surface area contributed by atoms with Crippen molar-refractivity contribution in [2.24, 2.45) is 0 Å². The van der Waals surface area contributed by atoms with E-state index in [4.69, 9.17) is 6.42 Å². The van der Waals surface area contributed by atoms with Crippen molar-refractivity contribution in [3.63, 3.8) is 0 Å². The fourth-order valence-corrected chi connectivity index (χ4v) is 1.63. The number of hydrogen-bond donors (Lipinski definition) is 0. The Hall–Kier alpha value is -0.350. The molecular formula is C10H16S. The van der Waals surface area contributed by atoms with Gasteiger partial charge in [0.25, 0.3) is 0 Å². The molecular weight excluding hydrogens is 152 g/mol. The molecule has 0 amide bonds. The summed E-state index contributed by atoms with van der Waals surface area (Å²) in [5.41, 5.74) is 0. The number of hydrogen-bond acceptors (Lipinski definition) is 1. The van der Waals surface area contributed by atoms with Crippen molar-refractivity contribution in [1.29, 1.82) is 0 Å². The summed E-state index contributed by atoms with van der Waals surface area (Å²) in [5, 5.41) is 0. The molecule has 0 heterocycles. The molecule has 0 saturated carbocycles. The highest BCUT2D eigenvalue weighted by molar-refractivity contribution is 7.99. The van der Waals surface area contributed by atoms with Crippen LogP contribution in [0, 0.1) is 12.3 Å². The average Bonchev–Trinajstić information content (AvgIpc) is 2.03. The van der Waals surface area contributed by atoms with E-state index < -0.39 is 0 Å². The van der Waals surface area contributed by atoms with Gasteiger partial charge in [0, 0.05) is 6.42 Å². The third-order valence-electron chi connectivity index (χ3n) is 1.31. The molecule has 0 saturated heterocycles. The lowest BCUT2D eigenvalue weighted by atomic mass is 10.3. The van der Waals surface area contributed by atoms with Crippen LogP contribution < -0.4 is 0 Å². The molecule has 0 aliphatic rings. The van der Waals surface area contributed by atoms with E-state index in [9.17, 15) is 0 Å². The highest BCUT2D eigenvalue weighted by Crippen LogP contribution is 2.07. The smallest absolute Gasteiger partial charge is 0.00939 e. The van der Waals surface area contributed by atoms with Crippen molar-refractivity contribution < 1.29 is 0 Å². The quantitative estimate of drug-likeness (QED) is 0.320. The first-order valence-electron chi connectivity index (χ1n) is 4.04. The molecule has 0 aromatic rings. The Balaban J connectivity index is 2.80. The molecule has 0 N–H and O–H groups in total. The van der Waals surface area contributed by atoms with Gasteiger partial charge in [0.2, 0.25) is 0 Å². The summed E-state index contributed by atoms with van der Waals surface area (Å²) in [6.07, 6.45) is 11.6. The van der Waals surface area contributed by atoms with E-state index in [1.54, 1.807) is 0 Å². The van der Waals surface area contributed by atoms with Gasteiger partial charge in [-0.05, 0) is 30.8 Å². The third kappa shape index (κ3) is 9.65. The fourth-order valence-electron chi connectivity index (χ4n) is 0.708. The summed E-state index contributed by atoms with van der Waals surface area (Å²) < 4.78 is 0. The topological polar surface area (TPSA) is 0 Å². The van der Waals surface area contributed by atoms with E-state index in [-0.39, 0.29) is 0 Å². The molecule has 0 aromatic carbocycles. The van der Waals surface area contributed by atoms with Crippen LogP contribution in [0.25, 0.3) is 0 Å². The largest absolute Gasteiger partial charge is 0.162 e. The average molecular weight is 168 g/mol. The Morgan fingerprint density at radius 3 is 2.73 bits per heavy atom. The van der Waals surface area contributed by atoms with E-state index in [1.165, 1.54) is 17.9 Å². The van der Waals surface area contributed by atoms with Gasteiger partial charge < -0.3 is 0 Å². The van der Waals surface area contributed by atoms with Crippen LogP contribution in [0.3, 0.4) is 0 Å². The zero-order valence-electron chi connectivity index (χ0n) is 7.01. The number of terminal acetylenes is 1. The molecule has 0 fully saturated rings. The number of rotatable bonds is 7. The Morgan fingerprint density at radius 2 is 2.09 bits per heavy atom. The predicted octanol–water partition coefficient (Wildman–Crippen LogP) is 3.10. The van der Waals surface area contributed by atoms with Crippen molar-refractivity contribution in [2.75, 3.05) is 11.5 Å². The van der Waals surface area contributed by atoms with E-state index in [0.717, 1.165) is 19.3 Å². The molecule has 0 atom stereocenters. The molecule has 0 bridgehead atoms. The van der Waals surface area contributed by atoms with Crippen LogP contribution in [0.5, 0.6) is 0 Å². The molecule has 62 valence electrons. The summed E-state index contributed by atoms with van der Waals surface area (Å²) in [7, 11) is 0. The minimum atomic E-state index is 0.925. The van der Waals surface area contributed by atoms with Crippen molar-refractivity contribution in [2.45, 2.75) is 25.7 Å². The normalized spacial score (nSPS) is 9.00.